The number of aliphatic imine (C=N–C) groups is 1. The van der Waals surface area contributed by atoms with Crippen molar-refractivity contribution >= 4 is 6.34 Å². The van der Waals surface area contributed by atoms with E-state index in [1.165, 1.54) is 12.3 Å². The fraction of sp³-hybridized carbons (Fsp3) is 0.250. The van der Waals surface area contributed by atoms with E-state index in [1.807, 2.05) is 0 Å². The van der Waals surface area contributed by atoms with Crippen LogP contribution in [0, 0.1) is 10.1 Å². The minimum Gasteiger partial charge on any atom is -1.00 e. The molecule has 12 heavy (non-hydrogen) atoms. The summed E-state index contributed by atoms with van der Waals surface area (Å²) in [5.41, 5.74) is 0. The van der Waals surface area contributed by atoms with Crippen LogP contribution < -0.4 is 42.0 Å². The second-order valence-electron chi connectivity index (χ2n) is 1.69. The molecule has 1 aliphatic heterocycles. The van der Waals surface area contributed by atoms with Gasteiger partial charge in [-0.3, -0.25) is 15.3 Å². The second-order valence-corrected chi connectivity index (χ2v) is 1.69. The van der Waals surface area contributed by atoms with E-state index in [9.17, 15) is 10.1 Å². The van der Waals surface area contributed by atoms with E-state index >= 15 is 0 Å². The van der Waals surface area contributed by atoms with Crippen LogP contribution in [0.2, 0.25) is 0 Å². The standard InChI is InChI=1S/C4H5N3O3.ClH.Na/c8-6-3-5-2-1-4(6)7(9)10;;/h1-4,8H;1H;/q;;+1/p-1. The first-order valence-electron chi connectivity index (χ1n) is 2.52. The van der Waals surface area contributed by atoms with Gasteiger partial charge < -0.3 is 12.4 Å². The zero-order valence-corrected chi connectivity index (χ0v) is 9.05. The largest absolute Gasteiger partial charge is 1.00 e. The molecule has 62 valence electrons. The SMILES string of the molecule is O=[N+]([O-])C1C=CN=CN1O.[Cl-].[Na+]. The maximum absolute atomic E-state index is 10.1. The van der Waals surface area contributed by atoms with Gasteiger partial charge in [-0.15, -0.1) is 0 Å². The molecule has 0 fully saturated rings. The van der Waals surface area contributed by atoms with Crippen molar-refractivity contribution in [2.45, 2.75) is 6.17 Å². The van der Waals surface area contributed by atoms with Gasteiger partial charge in [0.1, 0.15) is 6.34 Å². The summed E-state index contributed by atoms with van der Waals surface area (Å²) in [6.07, 6.45) is 2.23. The molecule has 0 aliphatic carbocycles. The van der Waals surface area contributed by atoms with Crippen molar-refractivity contribution in [1.29, 1.82) is 0 Å². The van der Waals surface area contributed by atoms with Crippen molar-refractivity contribution in [2.24, 2.45) is 4.99 Å². The number of hydrogen-bond donors (Lipinski definition) is 1. The van der Waals surface area contributed by atoms with Gasteiger partial charge in [0.15, 0.2) is 0 Å². The summed E-state index contributed by atoms with van der Waals surface area (Å²) in [6.45, 7) is 0. The maximum Gasteiger partial charge on any atom is 1.00 e. The van der Waals surface area contributed by atoms with Gasteiger partial charge in [-0.2, -0.15) is 5.06 Å². The van der Waals surface area contributed by atoms with Gasteiger partial charge >= 0.3 is 35.7 Å². The van der Waals surface area contributed by atoms with E-state index in [0.29, 0.717) is 5.06 Å². The van der Waals surface area contributed by atoms with Crippen molar-refractivity contribution in [3.8, 4) is 0 Å². The molecule has 0 aromatic heterocycles. The Balaban J connectivity index is 0. The Morgan fingerprint density at radius 2 is 2.25 bits per heavy atom. The molecule has 6 nitrogen and oxygen atoms in total. The second kappa shape index (κ2) is 6.38. The van der Waals surface area contributed by atoms with E-state index in [0.717, 1.165) is 6.34 Å². The predicted octanol–water partition coefficient (Wildman–Crippen LogP) is -6.16. The third-order valence-corrected chi connectivity index (χ3v) is 1.02. The number of rotatable bonds is 1. The van der Waals surface area contributed by atoms with Gasteiger partial charge in [0.05, 0.1) is 4.92 Å². The molecular weight excluding hydrogens is 197 g/mol. The van der Waals surface area contributed by atoms with Gasteiger partial charge in [0, 0.05) is 12.3 Å². The molecule has 0 aromatic rings. The topological polar surface area (TPSA) is 79.0 Å². The molecule has 1 heterocycles. The van der Waals surface area contributed by atoms with Crippen molar-refractivity contribution in [1.82, 2.24) is 5.06 Å². The van der Waals surface area contributed by atoms with Crippen LogP contribution in [0.4, 0.5) is 0 Å². The van der Waals surface area contributed by atoms with Crippen LogP contribution in [0.3, 0.4) is 0 Å². The summed E-state index contributed by atoms with van der Waals surface area (Å²) in [5.74, 6) is 0. The molecule has 0 saturated carbocycles. The molecule has 0 saturated heterocycles. The molecule has 0 aromatic carbocycles. The van der Waals surface area contributed by atoms with Crippen molar-refractivity contribution in [3.05, 3.63) is 22.4 Å². The average molecular weight is 202 g/mol. The summed E-state index contributed by atoms with van der Waals surface area (Å²) < 4.78 is 0. The third kappa shape index (κ3) is 3.51. The Morgan fingerprint density at radius 3 is 2.58 bits per heavy atom. The fourth-order valence-electron chi connectivity index (χ4n) is 0.557. The Kier molecular flexibility index (Phi) is 7.65. The molecule has 1 N–H and O–H groups in total. The Hall–Kier alpha value is -0.140. The first-order chi connectivity index (χ1) is 4.72. The summed E-state index contributed by atoms with van der Waals surface area (Å²) in [5, 5.41) is 19.2. The molecule has 0 radical (unpaired) electrons. The van der Waals surface area contributed by atoms with Crippen LogP contribution in [0.5, 0.6) is 0 Å². The van der Waals surface area contributed by atoms with Crippen molar-refractivity contribution in [2.75, 3.05) is 0 Å². The molecule has 1 aliphatic rings. The predicted molar refractivity (Wildman–Crippen MR) is 32.0 cm³/mol. The van der Waals surface area contributed by atoms with Gasteiger partial charge in [-0.05, 0) is 0 Å². The third-order valence-electron chi connectivity index (χ3n) is 1.02. The minimum absolute atomic E-state index is 0. The fourth-order valence-corrected chi connectivity index (χ4v) is 0.557. The molecular formula is C4H5ClN3NaO3. The van der Waals surface area contributed by atoms with Crippen LogP contribution in [0.15, 0.2) is 17.3 Å². The molecule has 1 unspecified atom stereocenters. The first kappa shape index (κ1) is 14.4. The minimum atomic E-state index is -1.20. The van der Waals surface area contributed by atoms with Gasteiger partial charge in [0.2, 0.25) is 0 Å². The summed E-state index contributed by atoms with van der Waals surface area (Å²) in [4.78, 5) is 12.9. The molecule has 8 heteroatoms. The van der Waals surface area contributed by atoms with Gasteiger partial charge in [-0.1, -0.05) is 0 Å². The molecule has 0 bridgehead atoms. The number of nitrogens with zero attached hydrogens (tertiary/aromatic N) is 3. The smallest absolute Gasteiger partial charge is 1.00 e. The zero-order chi connectivity index (χ0) is 7.56. The van der Waals surface area contributed by atoms with Crippen LogP contribution in [-0.4, -0.2) is 27.7 Å². The molecule has 1 rings (SSSR count). The van der Waals surface area contributed by atoms with Gasteiger partial charge in [0.25, 0.3) is 0 Å². The summed E-state index contributed by atoms with van der Waals surface area (Å²) in [6, 6.07) is 0. The van der Waals surface area contributed by atoms with Crippen LogP contribution in [0.25, 0.3) is 0 Å². The Morgan fingerprint density at radius 1 is 1.67 bits per heavy atom. The Labute approximate surface area is 96.8 Å². The maximum atomic E-state index is 10.1. The average Bonchev–Trinajstić information content (AvgIpc) is 1.88. The van der Waals surface area contributed by atoms with Crippen LogP contribution in [0.1, 0.15) is 0 Å². The van der Waals surface area contributed by atoms with E-state index in [4.69, 9.17) is 5.21 Å². The van der Waals surface area contributed by atoms with E-state index < -0.39 is 11.1 Å². The normalized spacial score (nSPS) is 19.4. The van der Waals surface area contributed by atoms with Crippen LogP contribution >= 0.6 is 0 Å². The zero-order valence-electron chi connectivity index (χ0n) is 6.29. The monoisotopic (exact) mass is 201 g/mol. The van der Waals surface area contributed by atoms with E-state index in [1.54, 1.807) is 0 Å². The molecule has 1 atom stereocenters. The van der Waals surface area contributed by atoms with Gasteiger partial charge in [-0.25, -0.2) is 4.99 Å². The quantitative estimate of drug-likeness (QED) is 0.260. The first-order valence-corrected chi connectivity index (χ1v) is 2.52. The van der Waals surface area contributed by atoms with Crippen LogP contribution in [-0.2, 0) is 0 Å². The number of hydroxylamine groups is 2. The van der Waals surface area contributed by atoms with Crippen molar-refractivity contribution in [3.63, 3.8) is 0 Å². The number of hydrogen-bond acceptors (Lipinski definition) is 5. The van der Waals surface area contributed by atoms with Crippen molar-refractivity contribution < 1.29 is 52.1 Å². The summed E-state index contributed by atoms with van der Waals surface area (Å²) >= 11 is 0. The number of halogens is 1. The molecule has 0 amide bonds. The van der Waals surface area contributed by atoms with E-state index in [-0.39, 0.29) is 42.0 Å². The molecule has 0 spiro atoms. The number of nitro groups is 1. The summed E-state index contributed by atoms with van der Waals surface area (Å²) in [7, 11) is 0. The Bertz CT molecular complexity index is 210. The van der Waals surface area contributed by atoms with E-state index in [2.05, 4.69) is 4.99 Å².